The molecule has 5 nitrogen and oxygen atoms in total. The summed E-state index contributed by atoms with van der Waals surface area (Å²) in [6, 6.07) is 5.65. The standard InChI is InChI=1S/C13H8F2N4O/c1-7-11(20-2)3-9(13(15)12(7)14)19-10(6-18)8(4-16)5-17/h3,19H,1-2H3. The zero-order chi connectivity index (χ0) is 15.3. The van der Waals surface area contributed by atoms with E-state index in [1.807, 2.05) is 0 Å². The van der Waals surface area contributed by atoms with E-state index in [9.17, 15) is 8.78 Å². The molecule has 0 heterocycles. The molecule has 0 radical (unpaired) electrons. The second-order valence-electron chi connectivity index (χ2n) is 3.59. The Morgan fingerprint density at radius 1 is 1.15 bits per heavy atom. The molecular weight excluding hydrogens is 266 g/mol. The number of ether oxygens (including phenoxy) is 1. The summed E-state index contributed by atoms with van der Waals surface area (Å²) in [5, 5.41) is 28.4. The maximum Gasteiger partial charge on any atom is 0.182 e. The quantitative estimate of drug-likeness (QED) is 0.855. The summed E-state index contributed by atoms with van der Waals surface area (Å²) >= 11 is 0. The zero-order valence-corrected chi connectivity index (χ0v) is 10.6. The Morgan fingerprint density at radius 2 is 1.75 bits per heavy atom. The van der Waals surface area contributed by atoms with Gasteiger partial charge in [0.25, 0.3) is 0 Å². The van der Waals surface area contributed by atoms with E-state index in [1.54, 1.807) is 6.07 Å². The molecule has 0 aliphatic carbocycles. The molecule has 0 amide bonds. The van der Waals surface area contributed by atoms with Crippen LogP contribution in [-0.2, 0) is 0 Å². The molecule has 0 unspecified atom stereocenters. The second kappa shape index (κ2) is 6.17. The van der Waals surface area contributed by atoms with Crippen molar-refractivity contribution in [1.82, 2.24) is 0 Å². The molecule has 0 saturated heterocycles. The van der Waals surface area contributed by atoms with Gasteiger partial charge in [0, 0.05) is 11.6 Å². The van der Waals surface area contributed by atoms with Crippen LogP contribution in [0.3, 0.4) is 0 Å². The summed E-state index contributed by atoms with van der Waals surface area (Å²) in [5.74, 6) is -2.30. The predicted molar refractivity (Wildman–Crippen MR) is 65.1 cm³/mol. The highest BCUT2D eigenvalue weighted by atomic mass is 19.2. The molecule has 0 fully saturated rings. The van der Waals surface area contributed by atoms with Gasteiger partial charge in [-0.05, 0) is 6.92 Å². The van der Waals surface area contributed by atoms with Crippen LogP contribution >= 0.6 is 0 Å². The number of nitriles is 3. The molecule has 100 valence electrons. The van der Waals surface area contributed by atoms with Crippen LogP contribution in [-0.4, -0.2) is 7.11 Å². The number of halogens is 2. The van der Waals surface area contributed by atoms with Crippen molar-refractivity contribution in [2.75, 3.05) is 12.4 Å². The van der Waals surface area contributed by atoms with E-state index < -0.39 is 28.6 Å². The molecule has 0 spiro atoms. The summed E-state index contributed by atoms with van der Waals surface area (Å²) in [4.78, 5) is 0. The van der Waals surface area contributed by atoms with Crippen molar-refractivity contribution in [3.8, 4) is 24.0 Å². The molecule has 0 saturated carbocycles. The van der Waals surface area contributed by atoms with Gasteiger partial charge in [-0.1, -0.05) is 0 Å². The van der Waals surface area contributed by atoms with E-state index in [1.165, 1.54) is 26.2 Å². The van der Waals surface area contributed by atoms with Crippen LogP contribution in [0.2, 0.25) is 0 Å². The van der Waals surface area contributed by atoms with Gasteiger partial charge in [0.05, 0.1) is 12.8 Å². The number of hydrogen-bond donors (Lipinski definition) is 1. The van der Waals surface area contributed by atoms with Crippen molar-refractivity contribution in [3.63, 3.8) is 0 Å². The fourth-order valence-electron chi connectivity index (χ4n) is 1.41. The van der Waals surface area contributed by atoms with Crippen LogP contribution in [0.25, 0.3) is 0 Å². The Balaban J connectivity index is 3.41. The first kappa shape index (κ1) is 14.9. The summed E-state index contributed by atoms with van der Waals surface area (Å²) in [5.41, 5.74) is -1.44. The van der Waals surface area contributed by atoms with Crippen LogP contribution in [0.4, 0.5) is 14.5 Å². The van der Waals surface area contributed by atoms with Gasteiger partial charge in [-0.2, -0.15) is 15.8 Å². The minimum Gasteiger partial charge on any atom is -0.496 e. The van der Waals surface area contributed by atoms with Gasteiger partial charge in [-0.3, -0.25) is 0 Å². The maximum atomic E-state index is 13.8. The number of rotatable bonds is 3. The van der Waals surface area contributed by atoms with Gasteiger partial charge in [-0.15, -0.1) is 0 Å². The third-order valence-corrected chi connectivity index (χ3v) is 2.47. The number of nitrogens with zero attached hydrogens (tertiary/aromatic N) is 3. The Hall–Kier alpha value is -3.11. The largest absolute Gasteiger partial charge is 0.496 e. The average molecular weight is 274 g/mol. The Kier molecular flexibility index (Phi) is 4.61. The fraction of sp³-hybridized carbons (Fsp3) is 0.154. The van der Waals surface area contributed by atoms with Crippen LogP contribution in [0.5, 0.6) is 5.75 Å². The van der Waals surface area contributed by atoms with Gasteiger partial charge in [0.15, 0.2) is 17.2 Å². The lowest BCUT2D eigenvalue weighted by atomic mass is 10.1. The van der Waals surface area contributed by atoms with Crippen molar-refractivity contribution in [3.05, 3.63) is 34.5 Å². The van der Waals surface area contributed by atoms with Gasteiger partial charge in [0.1, 0.15) is 29.7 Å². The van der Waals surface area contributed by atoms with E-state index in [4.69, 9.17) is 20.5 Å². The molecule has 20 heavy (non-hydrogen) atoms. The molecule has 0 bridgehead atoms. The summed E-state index contributed by atoms with van der Waals surface area (Å²) in [6.07, 6.45) is 0. The van der Waals surface area contributed by atoms with Crippen molar-refractivity contribution >= 4 is 5.69 Å². The molecule has 1 aromatic rings. The Labute approximate surface area is 113 Å². The monoisotopic (exact) mass is 274 g/mol. The number of allylic oxidation sites excluding steroid dienone is 2. The third kappa shape index (κ3) is 2.66. The number of benzene rings is 1. The normalized spacial score (nSPS) is 8.85. The SMILES string of the molecule is COc1cc(NC(C#N)=C(C#N)C#N)c(F)c(F)c1C. The summed E-state index contributed by atoms with van der Waals surface area (Å²) < 4.78 is 32.3. The highest BCUT2D eigenvalue weighted by molar-refractivity contribution is 5.62. The number of methoxy groups -OCH3 is 1. The van der Waals surface area contributed by atoms with Crippen LogP contribution < -0.4 is 10.1 Å². The van der Waals surface area contributed by atoms with Gasteiger partial charge in [0.2, 0.25) is 0 Å². The van der Waals surface area contributed by atoms with E-state index in [0.717, 1.165) is 6.07 Å². The zero-order valence-electron chi connectivity index (χ0n) is 10.6. The molecule has 1 N–H and O–H groups in total. The van der Waals surface area contributed by atoms with Gasteiger partial charge < -0.3 is 10.1 Å². The summed E-state index contributed by atoms with van der Waals surface area (Å²) in [6.45, 7) is 1.33. The lowest BCUT2D eigenvalue weighted by Crippen LogP contribution is -2.06. The molecule has 0 aromatic heterocycles. The number of hydrogen-bond acceptors (Lipinski definition) is 5. The van der Waals surface area contributed by atoms with Gasteiger partial charge in [-0.25, -0.2) is 8.78 Å². The molecule has 0 atom stereocenters. The Morgan fingerprint density at radius 3 is 2.20 bits per heavy atom. The van der Waals surface area contributed by atoms with E-state index in [0.29, 0.717) is 0 Å². The van der Waals surface area contributed by atoms with Crippen LogP contribution in [0.1, 0.15) is 5.56 Å². The molecular formula is C13H8F2N4O. The van der Waals surface area contributed by atoms with Crippen LogP contribution in [0.15, 0.2) is 17.3 Å². The first-order valence-corrected chi connectivity index (χ1v) is 5.24. The summed E-state index contributed by atoms with van der Waals surface area (Å²) in [7, 11) is 1.28. The highest BCUT2D eigenvalue weighted by Gasteiger charge is 2.18. The van der Waals surface area contributed by atoms with E-state index in [2.05, 4.69) is 5.32 Å². The number of nitrogens with one attached hydrogen (secondary N) is 1. The topological polar surface area (TPSA) is 92.6 Å². The average Bonchev–Trinajstić information content (AvgIpc) is 2.47. The third-order valence-electron chi connectivity index (χ3n) is 2.47. The fourth-order valence-corrected chi connectivity index (χ4v) is 1.41. The molecule has 1 rings (SSSR count). The predicted octanol–water partition coefficient (Wildman–Crippen LogP) is 2.52. The Bertz CT molecular complexity index is 689. The second-order valence-corrected chi connectivity index (χ2v) is 3.59. The van der Waals surface area contributed by atoms with Crippen molar-refractivity contribution in [2.24, 2.45) is 0 Å². The molecule has 0 aliphatic rings. The van der Waals surface area contributed by atoms with Crippen LogP contribution in [0, 0.1) is 52.6 Å². The smallest absolute Gasteiger partial charge is 0.182 e. The molecule has 1 aromatic carbocycles. The minimum absolute atomic E-state index is 0.0289. The van der Waals surface area contributed by atoms with Crippen molar-refractivity contribution < 1.29 is 13.5 Å². The lowest BCUT2D eigenvalue weighted by molar-refractivity contribution is 0.402. The van der Waals surface area contributed by atoms with Crippen molar-refractivity contribution in [2.45, 2.75) is 6.92 Å². The number of anilines is 1. The first-order valence-electron chi connectivity index (χ1n) is 5.24. The maximum absolute atomic E-state index is 13.8. The first-order chi connectivity index (χ1) is 9.49. The van der Waals surface area contributed by atoms with E-state index >= 15 is 0 Å². The lowest BCUT2D eigenvalue weighted by Gasteiger charge is -2.12. The van der Waals surface area contributed by atoms with Crippen molar-refractivity contribution in [1.29, 1.82) is 15.8 Å². The van der Waals surface area contributed by atoms with E-state index in [-0.39, 0.29) is 11.3 Å². The molecule has 0 aliphatic heterocycles. The van der Waals surface area contributed by atoms with Gasteiger partial charge >= 0.3 is 0 Å². The highest BCUT2D eigenvalue weighted by Crippen LogP contribution is 2.30. The minimum atomic E-state index is -1.23. The molecule has 7 heteroatoms.